The Kier molecular flexibility index (Phi) is 5.37. The second-order valence-corrected chi connectivity index (χ2v) is 9.14. The van der Waals surface area contributed by atoms with E-state index in [1.807, 2.05) is 16.7 Å². The van der Waals surface area contributed by atoms with E-state index in [2.05, 4.69) is 4.98 Å². The summed E-state index contributed by atoms with van der Waals surface area (Å²) in [5.74, 6) is 0.868. The number of ether oxygens (including phenoxy) is 1. The third-order valence-corrected chi connectivity index (χ3v) is 7.15. The highest BCUT2D eigenvalue weighted by Gasteiger charge is 2.35. The smallest absolute Gasteiger partial charge is 0.243 e. The maximum atomic E-state index is 13.0. The van der Waals surface area contributed by atoms with E-state index < -0.39 is 10.0 Å². The van der Waals surface area contributed by atoms with Crippen molar-refractivity contribution in [1.82, 2.24) is 18.8 Å². The molecule has 1 aliphatic rings. The van der Waals surface area contributed by atoms with E-state index in [0.717, 1.165) is 17.0 Å². The van der Waals surface area contributed by atoms with Crippen LogP contribution >= 0.6 is 11.6 Å². The van der Waals surface area contributed by atoms with Crippen LogP contribution in [-0.4, -0.2) is 54.1 Å². The zero-order chi connectivity index (χ0) is 19.7. The Hall–Kier alpha value is -2.00. The molecule has 0 amide bonds. The number of rotatable bonds is 6. The van der Waals surface area contributed by atoms with Crippen LogP contribution in [0.25, 0.3) is 11.2 Å². The van der Waals surface area contributed by atoms with Gasteiger partial charge in [0.2, 0.25) is 10.0 Å². The van der Waals surface area contributed by atoms with Crippen molar-refractivity contribution in [3.05, 3.63) is 53.4 Å². The Bertz CT molecular complexity index is 1080. The highest BCUT2D eigenvalue weighted by Crippen LogP contribution is 2.32. The van der Waals surface area contributed by atoms with E-state index in [0.29, 0.717) is 37.7 Å². The van der Waals surface area contributed by atoms with Gasteiger partial charge in [0, 0.05) is 43.9 Å². The van der Waals surface area contributed by atoms with Crippen molar-refractivity contribution in [2.24, 2.45) is 0 Å². The molecule has 0 radical (unpaired) electrons. The minimum atomic E-state index is -3.56. The highest BCUT2D eigenvalue weighted by atomic mass is 35.5. The Labute approximate surface area is 169 Å². The molecule has 0 spiro atoms. The molecule has 0 unspecified atom stereocenters. The summed E-state index contributed by atoms with van der Waals surface area (Å²) in [6.07, 6.45) is 2.45. The first-order chi connectivity index (χ1) is 13.5. The summed E-state index contributed by atoms with van der Waals surface area (Å²) >= 11 is 5.89. The fourth-order valence-corrected chi connectivity index (χ4v) is 5.23. The molecule has 1 aromatic carbocycles. The molecule has 28 heavy (non-hydrogen) atoms. The minimum Gasteiger partial charge on any atom is -0.383 e. The van der Waals surface area contributed by atoms with Gasteiger partial charge in [-0.15, -0.1) is 0 Å². The maximum absolute atomic E-state index is 13.0. The van der Waals surface area contributed by atoms with Gasteiger partial charge in [-0.3, -0.25) is 0 Å². The van der Waals surface area contributed by atoms with E-state index in [-0.39, 0.29) is 10.8 Å². The van der Waals surface area contributed by atoms with Gasteiger partial charge >= 0.3 is 0 Å². The van der Waals surface area contributed by atoms with Crippen molar-refractivity contribution >= 4 is 32.8 Å². The fourth-order valence-electron chi connectivity index (χ4n) is 3.60. The zero-order valence-electron chi connectivity index (χ0n) is 15.5. The standard InChI is InChI=1S/C19H21ClN4O3S/c1-27-12-11-24-18(22-17-3-2-9-21-19(17)24)14-8-10-23(13-14)28(25,26)16-6-4-15(20)5-7-16/h2-7,9,14H,8,10-13H2,1H3/t14-/m1/s1. The molecule has 7 nitrogen and oxygen atoms in total. The first-order valence-corrected chi connectivity index (χ1v) is 10.9. The average molecular weight is 421 g/mol. The number of methoxy groups -OCH3 is 1. The second kappa shape index (κ2) is 7.79. The molecule has 0 N–H and O–H groups in total. The molecule has 0 bridgehead atoms. The first kappa shape index (κ1) is 19.3. The van der Waals surface area contributed by atoms with Crippen LogP contribution in [0.1, 0.15) is 18.2 Å². The average Bonchev–Trinajstić information content (AvgIpc) is 3.32. The predicted octanol–water partition coefficient (Wildman–Crippen LogP) is 2.91. The summed E-state index contributed by atoms with van der Waals surface area (Å²) in [4.78, 5) is 9.46. The van der Waals surface area contributed by atoms with Gasteiger partial charge in [-0.2, -0.15) is 4.31 Å². The van der Waals surface area contributed by atoms with Crippen LogP contribution in [0.5, 0.6) is 0 Å². The van der Waals surface area contributed by atoms with Crippen LogP contribution in [0.2, 0.25) is 5.02 Å². The van der Waals surface area contributed by atoms with E-state index in [9.17, 15) is 8.42 Å². The summed E-state index contributed by atoms with van der Waals surface area (Å²) < 4.78 is 34.7. The number of hydrogen-bond donors (Lipinski definition) is 0. The summed E-state index contributed by atoms with van der Waals surface area (Å²) in [7, 11) is -1.90. The van der Waals surface area contributed by atoms with Gasteiger partial charge in [0.05, 0.1) is 11.5 Å². The minimum absolute atomic E-state index is 0.00753. The van der Waals surface area contributed by atoms with Crippen LogP contribution < -0.4 is 0 Å². The second-order valence-electron chi connectivity index (χ2n) is 6.76. The zero-order valence-corrected chi connectivity index (χ0v) is 17.0. The van der Waals surface area contributed by atoms with Crippen LogP contribution in [0.3, 0.4) is 0 Å². The third kappa shape index (κ3) is 3.53. The van der Waals surface area contributed by atoms with Gasteiger partial charge in [-0.25, -0.2) is 18.4 Å². The van der Waals surface area contributed by atoms with Gasteiger partial charge < -0.3 is 9.30 Å². The van der Waals surface area contributed by atoms with Gasteiger partial charge in [0.15, 0.2) is 5.65 Å². The Morgan fingerprint density at radius 2 is 2.04 bits per heavy atom. The summed E-state index contributed by atoms with van der Waals surface area (Å²) in [6, 6.07) is 10.1. The topological polar surface area (TPSA) is 77.3 Å². The van der Waals surface area contributed by atoms with E-state index in [4.69, 9.17) is 21.3 Å². The number of imidazole rings is 1. The van der Waals surface area contributed by atoms with Gasteiger partial charge in [-0.1, -0.05) is 11.6 Å². The molecular formula is C19H21ClN4O3S. The lowest BCUT2D eigenvalue weighted by Crippen LogP contribution is -2.29. The highest BCUT2D eigenvalue weighted by molar-refractivity contribution is 7.89. The number of benzene rings is 1. The van der Waals surface area contributed by atoms with Crippen molar-refractivity contribution in [1.29, 1.82) is 0 Å². The largest absolute Gasteiger partial charge is 0.383 e. The maximum Gasteiger partial charge on any atom is 0.243 e. The van der Waals surface area contributed by atoms with Crippen molar-refractivity contribution in [2.75, 3.05) is 26.8 Å². The molecule has 1 aliphatic heterocycles. The molecule has 0 aliphatic carbocycles. The number of nitrogens with zero attached hydrogens (tertiary/aromatic N) is 4. The molecule has 4 rings (SSSR count). The van der Waals surface area contributed by atoms with Crippen molar-refractivity contribution in [3.63, 3.8) is 0 Å². The molecule has 1 atom stereocenters. The van der Waals surface area contributed by atoms with E-state index >= 15 is 0 Å². The molecule has 3 aromatic rings. The molecule has 3 heterocycles. The number of halogens is 1. The van der Waals surface area contributed by atoms with Crippen molar-refractivity contribution in [3.8, 4) is 0 Å². The number of pyridine rings is 1. The molecule has 0 saturated carbocycles. The van der Waals surface area contributed by atoms with Crippen molar-refractivity contribution in [2.45, 2.75) is 23.8 Å². The summed E-state index contributed by atoms with van der Waals surface area (Å²) in [6.45, 7) is 2.01. The Morgan fingerprint density at radius 1 is 1.25 bits per heavy atom. The van der Waals surface area contributed by atoms with Crippen LogP contribution in [-0.2, 0) is 21.3 Å². The van der Waals surface area contributed by atoms with Crippen LogP contribution in [0.15, 0.2) is 47.5 Å². The molecule has 9 heteroatoms. The summed E-state index contributed by atoms with van der Waals surface area (Å²) in [5, 5.41) is 0.512. The molecule has 148 valence electrons. The van der Waals surface area contributed by atoms with Crippen LogP contribution in [0.4, 0.5) is 0 Å². The fraction of sp³-hybridized carbons (Fsp3) is 0.368. The van der Waals surface area contributed by atoms with E-state index in [1.54, 1.807) is 37.6 Å². The number of sulfonamides is 1. The monoisotopic (exact) mass is 420 g/mol. The molecule has 2 aromatic heterocycles. The van der Waals surface area contributed by atoms with Gasteiger partial charge in [0.1, 0.15) is 11.3 Å². The lowest BCUT2D eigenvalue weighted by atomic mass is 10.1. The van der Waals surface area contributed by atoms with Crippen LogP contribution in [0, 0.1) is 0 Å². The third-order valence-electron chi connectivity index (χ3n) is 5.02. The molecule has 1 fully saturated rings. The lowest BCUT2D eigenvalue weighted by molar-refractivity contribution is 0.187. The molecule has 1 saturated heterocycles. The SMILES string of the molecule is COCCn1c([C@@H]2CCN(S(=O)(=O)c3ccc(Cl)cc3)C2)nc2cccnc21. The quantitative estimate of drug-likeness (QED) is 0.612. The number of fused-ring (bicyclic) bond motifs is 1. The number of aromatic nitrogens is 3. The number of hydrogen-bond acceptors (Lipinski definition) is 5. The Balaban J connectivity index is 1.63. The van der Waals surface area contributed by atoms with Crippen molar-refractivity contribution < 1.29 is 13.2 Å². The van der Waals surface area contributed by atoms with E-state index in [1.165, 1.54) is 4.31 Å². The van der Waals surface area contributed by atoms with Gasteiger partial charge in [-0.05, 0) is 42.8 Å². The lowest BCUT2D eigenvalue weighted by Gasteiger charge is -2.17. The predicted molar refractivity (Wildman–Crippen MR) is 107 cm³/mol. The molecular weight excluding hydrogens is 400 g/mol. The Morgan fingerprint density at radius 3 is 2.79 bits per heavy atom. The summed E-state index contributed by atoms with van der Waals surface area (Å²) in [5.41, 5.74) is 1.61. The normalized spacial score (nSPS) is 18.1. The van der Waals surface area contributed by atoms with Gasteiger partial charge in [0.25, 0.3) is 0 Å². The first-order valence-electron chi connectivity index (χ1n) is 9.06.